The molecule has 1 heterocycles. The van der Waals surface area contributed by atoms with E-state index in [1.807, 2.05) is 42.5 Å². The van der Waals surface area contributed by atoms with Crippen LogP contribution in [0, 0.1) is 0 Å². The number of rotatable bonds is 4. The van der Waals surface area contributed by atoms with Gasteiger partial charge in [-0.2, -0.15) is 0 Å². The summed E-state index contributed by atoms with van der Waals surface area (Å²) in [6, 6.07) is 14.7. The molecule has 0 radical (unpaired) electrons. The predicted molar refractivity (Wildman–Crippen MR) is 94.2 cm³/mol. The second kappa shape index (κ2) is 7.36. The first kappa shape index (κ1) is 16.3. The molecule has 0 saturated carbocycles. The summed E-state index contributed by atoms with van der Waals surface area (Å²) in [6.45, 7) is 0.927. The highest BCUT2D eigenvalue weighted by atomic mass is 35.5. The minimum atomic E-state index is -0.393. The number of halogens is 1. The zero-order valence-corrected chi connectivity index (χ0v) is 13.8. The SMILES string of the molecule is O=C(NCC(=O)N1CCc2ccccc21)NCc1ccccc1Cl. The van der Waals surface area contributed by atoms with Crippen LogP contribution in [0.25, 0.3) is 0 Å². The van der Waals surface area contributed by atoms with Gasteiger partial charge in [0, 0.05) is 23.8 Å². The lowest BCUT2D eigenvalue weighted by Gasteiger charge is -2.17. The van der Waals surface area contributed by atoms with Gasteiger partial charge in [0.1, 0.15) is 0 Å². The van der Waals surface area contributed by atoms with Crippen LogP contribution in [0.1, 0.15) is 11.1 Å². The summed E-state index contributed by atoms with van der Waals surface area (Å²) in [5.41, 5.74) is 2.92. The number of anilines is 1. The first-order valence-corrected chi connectivity index (χ1v) is 8.16. The van der Waals surface area contributed by atoms with Crippen molar-refractivity contribution in [3.8, 4) is 0 Å². The lowest BCUT2D eigenvalue weighted by molar-refractivity contribution is -0.117. The molecule has 0 spiro atoms. The van der Waals surface area contributed by atoms with Crippen LogP contribution in [0.4, 0.5) is 10.5 Å². The fraction of sp³-hybridized carbons (Fsp3) is 0.222. The van der Waals surface area contributed by atoms with E-state index in [0.29, 0.717) is 18.1 Å². The van der Waals surface area contributed by atoms with E-state index in [-0.39, 0.29) is 12.5 Å². The average Bonchev–Trinajstić information content (AvgIpc) is 3.03. The second-order valence-electron chi connectivity index (χ2n) is 5.55. The van der Waals surface area contributed by atoms with Crippen molar-refractivity contribution in [2.45, 2.75) is 13.0 Å². The fourth-order valence-electron chi connectivity index (χ4n) is 2.73. The Hall–Kier alpha value is -2.53. The summed E-state index contributed by atoms with van der Waals surface area (Å²) in [7, 11) is 0. The number of nitrogens with one attached hydrogen (secondary N) is 2. The van der Waals surface area contributed by atoms with Crippen molar-refractivity contribution in [3.63, 3.8) is 0 Å². The maximum Gasteiger partial charge on any atom is 0.315 e. The van der Waals surface area contributed by atoms with E-state index in [1.54, 1.807) is 11.0 Å². The lowest BCUT2D eigenvalue weighted by atomic mass is 10.2. The quantitative estimate of drug-likeness (QED) is 0.896. The molecule has 0 unspecified atom stereocenters. The smallest absolute Gasteiger partial charge is 0.315 e. The third-order valence-corrected chi connectivity index (χ3v) is 4.35. The van der Waals surface area contributed by atoms with Crippen LogP contribution < -0.4 is 15.5 Å². The maximum absolute atomic E-state index is 12.3. The number of carbonyl (C=O) groups excluding carboxylic acids is 2. The number of amides is 3. The molecule has 0 atom stereocenters. The summed E-state index contributed by atoms with van der Waals surface area (Å²) in [6.07, 6.45) is 0.848. The van der Waals surface area contributed by atoms with Gasteiger partial charge in [0.15, 0.2) is 0 Å². The molecule has 1 aliphatic heterocycles. The number of carbonyl (C=O) groups is 2. The van der Waals surface area contributed by atoms with Gasteiger partial charge >= 0.3 is 6.03 Å². The van der Waals surface area contributed by atoms with Gasteiger partial charge < -0.3 is 15.5 Å². The minimum Gasteiger partial charge on any atom is -0.334 e. The third kappa shape index (κ3) is 3.68. The number of nitrogens with zero attached hydrogens (tertiary/aromatic N) is 1. The zero-order chi connectivity index (χ0) is 16.9. The largest absolute Gasteiger partial charge is 0.334 e. The number of hydrogen-bond acceptors (Lipinski definition) is 2. The van der Waals surface area contributed by atoms with Gasteiger partial charge in [-0.25, -0.2) is 4.79 Å². The Kier molecular flexibility index (Phi) is 5.01. The molecule has 2 N–H and O–H groups in total. The van der Waals surface area contributed by atoms with Crippen molar-refractivity contribution in [1.82, 2.24) is 10.6 Å². The second-order valence-corrected chi connectivity index (χ2v) is 5.96. The highest BCUT2D eigenvalue weighted by molar-refractivity contribution is 6.31. The fourth-order valence-corrected chi connectivity index (χ4v) is 2.93. The number of urea groups is 1. The molecular weight excluding hydrogens is 326 g/mol. The van der Waals surface area contributed by atoms with E-state index in [9.17, 15) is 9.59 Å². The molecule has 24 heavy (non-hydrogen) atoms. The van der Waals surface area contributed by atoms with Crippen LogP contribution in [0.5, 0.6) is 0 Å². The van der Waals surface area contributed by atoms with Crippen molar-refractivity contribution < 1.29 is 9.59 Å². The highest BCUT2D eigenvalue weighted by Gasteiger charge is 2.24. The summed E-state index contributed by atoms with van der Waals surface area (Å²) in [4.78, 5) is 25.9. The summed E-state index contributed by atoms with van der Waals surface area (Å²) < 4.78 is 0. The van der Waals surface area contributed by atoms with Crippen molar-refractivity contribution >= 4 is 29.2 Å². The maximum atomic E-state index is 12.3. The first-order valence-electron chi connectivity index (χ1n) is 7.78. The summed E-state index contributed by atoms with van der Waals surface area (Å²) in [5, 5.41) is 5.89. The molecule has 0 fully saturated rings. The highest BCUT2D eigenvalue weighted by Crippen LogP contribution is 2.27. The molecule has 2 aromatic rings. The monoisotopic (exact) mass is 343 g/mol. The number of fused-ring (bicyclic) bond motifs is 1. The van der Waals surface area contributed by atoms with Crippen molar-refractivity contribution in [1.29, 1.82) is 0 Å². The van der Waals surface area contributed by atoms with Crippen LogP contribution >= 0.6 is 11.6 Å². The van der Waals surface area contributed by atoms with Crippen LogP contribution in [0.3, 0.4) is 0 Å². The van der Waals surface area contributed by atoms with E-state index in [4.69, 9.17) is 11.6 Å². The van der Waals surface area contributed by atoms with Crippen LogP contribution in [-0.4, -0.2) is 25.0 Å². The molecule has 1 aliphatic rings. The molecule has 0 saturated heterocycles. The molecule has 0 bridgehead atoms. The molecule has 124 valence electrons. The Morgan fingerprint density at radius 3 is 2.62 bits per heavy atom. The first-order chi connectivity index (χ1) is 11.6. The van der Waals surface area contributed by atoms with E-state index in [1.165, 1.54) is 0 Å². The van der Waals surface area contributed by atoms with E-state index >= 15 is 0 Å². The zero-order valence-electron chi connectivity index (χ0n) is 13.1. The molecule has 0 aliphatic carbocycles. The Morgan fingerprint density at radius 1 is 1.04 bits per heavy atom. The van der Waals surface area contributed by atoms with Gasteiger partial charge in [-0.15, -0.1) is 0 Å². The van der Waals surface area contributed by atoms with Gasteiger partial charge in [-0.1, -0.05) is 48.0 Å². The van der Waals surface area contributed by atoms with Gasteiger partial charge in [-0.3, -0.25) is 4.79 Å². The normalized spacial score (nSPS) is 12.6. The molecule has 3 rings (SSSR count). The van der Waals surface area contributed by atoms with Crippen LogP contribution in [-0.2, 0) is 17.8 Å². The van der Waals surface area contributed by atoms with Crippen molar-refractivity contribution in [2.75, 3.05) is 18.0 Å². The standard InChI is InChI=1S/C18H18ClN3O2/c19-15-7-3-1-6-14(15)11-20-18(24)21-12-17(23)22-10-9-13-5-2-4-8-16(13)22/h1-8H,9-12H2,(H2,20,21,24). The molecule has 2 aromatic carbocycles. The molecule has 5 nitrogen and oxygen atoms in total. The molecule has 3 amide bonds. The van der Waals surface area contributed by atoms with E-state index < -0.39 is 6.03 Å². The molecular formula is C18H18ClN3O2. The Labute approximate surface area is 145 Å². The Morgan fingerprint density at radius 2 is 1.79 bits per heavy atom. The predicted octanol–water partition coefficient (Wildman–Crippen LogP) is 2.73. The van der Waals surface area contributed by atoms with Gasteiger partial charge in [-0.05, 0) is 29.7 Å². The van der Waals surface area contributed by atoms with Gasteiger partial charge in [0.25, 0.3) is 0 Å². The number of benzene rings is 2. The number of hydrogen-bond donors (Lipinski definition) is 2. The van der Waals surface area contributed by atoms with E-state index in [2.05, 4.69) is 10.6 Å². The molecule has 0 aromatic heterocycles. The molecule has 6 heteroatoms. The van der Waals surface area contributed by atoms with Crippen LogP contribution in [0.2, 0.25) is 5.02 Å². The summed E-state index contributed by atoms with van der Waals surface area (Å²) >= 11 is 6.04. The van der Waals surface area contributed by atoms with Crippen molar-refractivity contribution in [3.05, 3.63) is 64.7 Å². The van der Waals surface area contributed by atoms with Gasteiger partial charge in [0.05, 0.1) is 6.54 Å². The van der Waals surface area contributed by atoms with Crippen LogP contribution in [0.15, 0.2) is 48.5 Å². The van der Waals surface area contributed by atoms with E-state index in [0.717, 1.165) is 23.2 Å². The number of para-hydroxylation sites is 1. The average molecular weight is 344 g/mol. The summed E-state index contributed by atoms with van der Waals surface area (Å²) in [5.74, 6) is -0.118. The Bertz CT molecular complexity index is 763. The van der Waals surface area contributed by atoms with Crippen molar-refractivity contribution in [2.24, 2.45) is 0 Å². The Balaban J connectivity index is 1.48. The minimum absolute atomic E-state index is 0.0390. The topological polar surface area (TPSA) is 61.4 Å². The lowest BCUT2D eigenvalue weighted by Crippen LogP contribution is -2.43. The third-order valence-electron chi connectivity index (χ3n) is 3.99. The van der Waals surface area contributed by atoms with Gasteiger partial charge in [0.2, 0.25) is 5.91 Å².